The molecule has 4 aliphatic rings. The van der Waals surface area contributed by atoms with Crippen LogP contribution in [0.2, 0.25) is 0 Å². The molecule has 4 rings (SSSR count). The molecule has 1 fully saturated rings. The maximum Gasteiger partial charge on any atom is 0.164 e. The lowest BCUT2D eigenvalue weighted by Crippen LogP contribution is -2.44. The summed E-state index contributed by atoms with van der Waals surface area (Å²) in [5.74, 6) is 0.517. The summed E-state index contributed by atoms with van der Waals surface area (Å²) in [6, 6.07) is 0. The highest BCUT2D eigenvalue weighted by molar-refractivity contribution is 6.15. The van der Waals surface area contributed by atoms with Crippen LogP contribution in [0.25, 0.3) is 0 Å². The second-order valence-corrected chi connectivity index (χ2v) is 11.7. The van der Waals surface area contributed by atoms with Gasteiger partial charge in [-0.1, -0.05) is 58.2 Å². The third kappa shape index (κ3) is 4.66. The first-order chi connectivity index (χ1) is 16.1. The van der Waals surface area contributed by atoms with E-state index in [1.54, 1.807) is 0 Å². The van der Waals surface area contributed by atoms with Crippen molar-refractivity contribution in [1.29, 1.82) is 0 Å². The third-order valence-electron chi connectivity index (χ3n) is 8.84. The van der Waals surface area contributed by atoms with Crippen LogP contribution in [0.5, 0.6) is 0 Å². The van der Waals surface area contributed by atoms with E-state index in [1.807, 2.05) is 0 Å². The van der Waals surface area contributed by atoms with E-state index in [4.69, 9.17) is 0 Å². The summed E-state index contributed by atoms with van der Waals surface area (Å²) < 4.78 is 0. The Hall–Kier alpha value is -2.22. The van der Waals surface area contributed by atoms with E-state index in [0.717, 1.165) is 49.7 Å². The Kier molecular flexibility index (Phi) is 7.17. The number of fused-ring (bicyclic) bond motifs is 5. The largest absolute Gasteiger partial charge is 0.294 e. The molecule has 4 aliphatic carbocycles. The number of Topliss-reactive ketones (excluding diaryl/α,β-unsaturated/α-hetero) is 2. The Bertz CT molecular complexity index is 1070. The van der Waals surface area contributed by atoms with Gasteiger partial charge in [0.05, 0.1) is 0 Å². The zero-order chi connectivity index (χ0) is 24.6. The highest BCUT2D eigenvalue weighted by Gasteiger charge is 2.62. The molecule has 0 aromatic rings. The van der Waals surface area contributed by atoms with Crippen molar-refractivity contribution in [2.45, 2.75) is 92.9 Å². The molecule has 1 saturated carbocycles. The van der Waals surface area contributed by atoms with E-state index >= 15 is 0 Å². The molecular formula is C32H42O2. The molecule has 0 aliphatic heterocycles. The predicted octanol–water partition coefficient (Wildman–Crippen LogP) is 8.18. The van der Waals surface area contributed by atoms with Gasteiger partial charge in [0.1, 0.15) is 0 Å². The number of allylic oxidation sites excluding steroid dienone is 12. The third-order valence-corrected chi connectivity index (χ3v) is 8.84. The van der Waals surface area contributed by atoms with Gasteiger partial charge in [-0.3, -0.25) is 9.59 Å². The van der Waals surface area contributed by atoms with Crippen LogP contribution in [0.3, 0.4) is 0 Å². The standard InChI is InChI=1S/C32H42O2/c1-20(2)9-7-10-21(3)11-8-12-22(4)13-15-32-16-14-25(19-32)28-29(32)31(34)27-18-24(6)23(5)17-26(27)30(28)33/h9,11,13-14,16,25,28-29H,7-8,10,12,15,17-19H2,1-6H3/b21-11+,22-13+/t25-,28?,29?,32+/m1/s1. The highest BCUT2D eigenvalue weighted by atomic mass is 16.1. The maximum absolute atomic E-state index is 13.8. The van der Waals surface area contributed by atoms with E-state index in [2.05, 4.69) is 71.9 Å². The summed E-state index contributed by atoms with van der Waals surface area (Å²) in [5.41, 5.74) is 8.29. The van der Waals surface area contributed by atoms with Gasteiger partial charge in [-0.2, -0.15) is 0 Å². The molecular weight excluding hydrogens is 416 g/mol. The Balaban J connectivity index is 1.43. The first kappa shape index (κ1) is 24.9. The normalized spacial score (nSPS) is 30.8. The van der Waals surface area contributed by atoms with Gasteiger partial charge in [0, 0.05) is 28.4 Å². The number of carbonyl (C=O) groups is 2. The average molecular weight is 459 g/mol. The molecule has 182 valence electrons. The van der Waals surface area contributed by atoms with Crippen LogP contribution in [0.4, 0.5) is 0 Å². The number of ketones is 2. The van der Waals surface area contributed by atoms with Crippen molar-refractivity contribution < 1.29 is 9.59 Å². The molecule has 2 unspecified atom stereocenters. The van der Waals surface area contributed by atoms with Crippen molar-refractivity contribution in [2.75, 3.05) is 0 Å². The zero-order valence-electron chi connectivity index (χ0n) is 22.1. The lowest BCUT2D eigenvalue weighted by molar-refractivity contribution is -0.132. The quantitative estimate of drug-likeness (QED) is 0.344. The van der Waals surface area contributed by atoms with Gasteiger partial charge < -0.3 is 0 Å². The minimum atomic E-state index is -0.165. The maximum atomic E-state index is 13.8. The van der Waals surface area contributed by atoms with Crippen molar-refractivity contribution in [1.82, 2.24) is 0 Å². The SMILES string of the molecule is CC(C)=CCC/C(C)=C/CC/C(C)=C/C[C@]12C=C[C@H](C1)C1C(=O)C3=C(CC(C)=C(C)C3)C(=O)C12. The molecule has 0 aromatic carbocycles. The Labute approximate surface area is 206 Å². The summed E-state index contributed by atoms with van der Waals surface area (Å²) in [5, 5.41) is 0. The number of hydrogen-bond donors (Lipinski definition) is 0. The summed E-state index contributed by atoms with van der Waals surface area (Å²) in [6.07, 6.45) is 19.2. The molecule has 0 radical (unpaired) electrons. The Morgan fingerprint density at radius 2 is 1.47 bits per heavy atom. The molecule has 2 nitrogen and oxygen atoms in total. The zero-order valence-corrected chi connectivity index (χ0v) is 22.1. The van der Waals surface area contributed by atoms with E-state index in [9.17, 15) is 9.59 Å². The van der Waals surface area contributed by atoms with E-state index in [0.29, 0.717) is 12.8 Å². The van der Waals surface area contributed by atoms with Gasteiger partial charge in [0.15, 0.2) is 11.6 Å². The van der Waals surface area contributed by atoms with Gasteiger partial charge in [0.2, 0.25) is 0 Å². The van der Waals surface area contributed by atoms with Crippen LogP contribution in [-0.4, -0.2) is 11.6 Å². The van der Waals surface area contributed by atoms with Crippen molar-refractivity contribution in [2.24, 2.45) is 23.2 Å². The lowest BCUT2D eigenvalue weighted by Gasteiger charge is -2.40. The van der Waals surface area contributed by atoms with Crippen LogP contribution in [0, 0.1) is 23.2 Å². The lowest BCUT2D eigenvalue weighted by atomic mass is 9.61. The second kappa shape index (κ2) is 9.80. The summed E-state index contributed by atoms with van der Waals surface area (Å²) >= 11 is 0. The van der Waals surface area contributed by atoms with Crippen molar-refractivity contribution >= 4 is 11.6 Å². The smallest absolute Gasteiger partial charge is 0.164 e. The fourth-order valence-electron chi connectivity index (χ4n) is 6.63. The Morgan fingerprint density at radius 1 is 0.882 bits per heavy atom. The Morgan fingerprint density at radius 3 is 2.12 bits per heavy atom. The molecule has 0 amide bonds. The van der Waals surface area contributed by atoms with Crippen molar-refractivity contribution in [3.05, 3.63) is 69.4 Å². The minimum absolute atomic E-state index is 0.123. The molecule has 2 bridgehead atoms. The molecule has 0 aromatic heterocycles. The minimum Gasteiger partial charge on any atom is -0.294 e. The number of carbonyl (C=O) groups excluding carboxylic acids is 2. The first-order valence-corrected chi connectivity index (χ1v) is 13.2. The van der Waals surface area contributed by atoms with Crippen molar-refractivity contribution in [3.8, 4) is 0 Å². The predicted molar refractivity (Wildman–Crippen MR) is 141 cm³/mol. The monoisotopic (exact) mass is 458 g/mol. The van der Waals surface area contributed by atoms with E-state index in [1.165, 1.54) is 27.9 Å². The van der Waals surface area contributed by atoms with E-state index in [-0.39, 0.29) is 34.7 Å². The number of rotatable bonds is 8. The van der Waals surface area contributed by atoms with Crippen LogP contribution < -0.4 is 0 Å². The van der Waals surface area contributed by atoms with Gasteiger partial charge in [0.25, 0.3) is 0 Å². The van der Waals surface area contributed by atoms with Gasteiger partial charge in [-0.05, 0) is 98.8 Å². The van der Waals surface area contributed by atoms with Crippen LogP contribution in [0.1, 0.15) is 92.9 Å². The summed E-state index contributed by atoms with van der Waals surface area (Å²) in [6.45, 7) is 13.0. The second-order valence-electron chi connectivity index (χ2n) is 11.7. The van der Waals surface area contributed by atoms with Crippen LogP contribution >= 0.6 is 0 Å². The first-order valence-electron chi connectivity index (χ1n) is 13.2. The molecule has 34 heavy (non-hydrogen) atoms. The summed E-state index contributed by atoms with van der Waals surface area (Å²) in [7, 11) is 0. The summed E-state index contributed by atoms with van der Waals surface area (Å²) in [4.78, 5) is 27.3. The fourth-order valence-corrected chi connectivity index (χ4v) is 6.63. The molecule has 0 heterocycles. The topological polar surface area (TPSA) is 34.1 Å². The van der Waals surface area contributed by atoms with Crippen molar-refractivity contribution in [3.63, 3.8) is 0 Å². The highest BCUT2D eigenvalue weighted by Crippen LogP contribution is 2.62. The van der Waals surface area contributed by atoms with E-state index < -0.39 is 0 Å². The van der Waals surface area contributed by atoms with Crippen LogP contribution in [-0.2, 0) is 9.59 Å². The fraction of sp³-hybridized carbons (Fsp3) is 0.562. The molecule has 2 heteroatoms. The number of hydrogen-bond acceptors (Lipinski definition) is 2. The molecule has 0 saturated heterocycles. The van der Waals surface area contributed by atoms with Crippen LogP contribution in [0.15, 0.2) is 69.4 Å². The molecule has 0 spiro atoms. The molecule has 4 atom stereocenters. The average Bonchev–Trinajstić information content (AvgIpc) is 3.34. The molecule has 0 N–H and O–H groups in total. The van der Waals surface area contributed by atoms with Gasteiger partial charge >= 0.3 is 0 Å². The van der Waals surface area contributed by atoms with Gasteiger partial charge in [-0.15, -0.1) is 0 Å². The van der Waals surface area contributed by atoms with Gasteiger partial charge in [-0.25, -0.2) is 0 Å².